The topological polar surface area (TPSA) is 86.0 Å². The third kappa shape index (κ3) is 5.75. The number of carbonyl (C=O) groups is 1. The number of hydrogen-bond donors (Lipinski definition) is 0. The lowest BCUT2D eigenvalue weighted by Gasteiger charge is -2.22. The first-order valence-electron chi connectivity index (χ1n) is 12.9. The smallest absolute Gasteiger partial charge is 0.267 e. The minimum Gasteiger partial charge on any atom is -0.497 e. The molecule has 0 fully saturated rings. The third-order valence-electron chi connectivity index (χ3n) is 6.66. The Morgan fingerprint density at radius 2 is 1.56 bits per heavy atom. The number of hydrazone groups is 1. The lowest BCUT2D eigenvalue weighted by atomic mass is 9.97. The number of hydrogen-bond acceptors (Lipinski definition) is 6. The average Bonchev–Trinajstić information content (AvgIpc) is 3.41. The van der Waals surface area contributed by atoms with E-state index in [9.17, 15) is 9.59 Å². The van der Waals surface area contributed by atoms with Crippen molar-refractivity contribution in [2.24, 2.45) is 5.10 Å². The molecule has 1 atom stereocenters. The number of carbonyl (C=O) groups excluding carboxylic acids is 1. The van der Waals surface area contributed by atoms with Gasteiger partial charge in [0.25, 0.3) is 11.5 Å². The first kappa shape index (κ1) is 25.9. The summed E-state index contributed by atoms with van der Waals surface area (Å²) in [7, 11) is 1.62. The Labute approximate surface area is 227 Å². The summed E-state index contributed by atoms with van der Waals surface area (Å²) in [4.78, 5) is 26.3. The van der Waals surface area contributed by atoms with Crippen LogP contribution in [0.2, 0.25) is 0 Å². The molecule has 4 aromatic rings. The van der Waals surface area contributed by atoms with Crippen LogP contribution < -0.4 is 15.0 Å². The van der Waals surface area contributed by atoms with Crippen LogP contribution in [0.5, 0.6) is 11.5 Å². The first-order valence-corrected chi connectivity index (χ1v) is 12.9. The Balaban J connectivity index is 1.43. The van der Waals surface area contributed by atoms with Crippen molar-refractivity contribution in [3.63, 3.8) is 0 Å². The molecule has 3 aromatic carbocycles. The molecule has 8 heteroatoms. The van der Waals surface area contributed by atoms with Gasteiger partial charge in [0.1, 0.15) is 18.0 Å². The molecule has 0 aliphatic carbocycles. The largest absolute Gasteiger partial charge is 0.497 e. The van der Waals surface area contributed by atoms with Gasteiger partial charge in [-0.15, -0.1) is 0 Å². The molecule has 0 saturated carbocycles. The summed E-state index contributed by atoms with van der Waals surface area (Å²) in [5.41, 5.74) is 4.86. The molecule has 198 valence electrons. The van der Waals surface area contributed by atoms with Crippen molar-refractivity contribution in [1.82, 2.24) is 14.8 Å². The molecule has 1 aliphatic heterocycles. The van der Waals surface area contributed by atoms with Gasteiger partial charge in [0.05, 0.1) is 31.2 Å². The monoisotopic (exact) mass is 522 g/mol. The summed E-state index contributed by atoms with van der Waals surface area (Å²) in [6.45, 7) is 4.30. The van der Waals surface area contributed by atoms with Crippen molar-refractivity contribution in [3.05, 3.63) is 112 Å². The van der Waals surface area contributed by atoms with Crippen molar-refractivity contribution in [1.29, 1.82) is 0 Å². The van der Waals surface area contributed by atoms with Crippen LogP contribution in [0.3, 0.4) is 0 Å². The Morgan fingerprint density at radius 3 is 2.23 bits per heavy atom. The van der Waals surface area contributed by atoms with E-state index < -0.39 is 0 Å². The number of methoxy groups -OCH3 is 1. The predicted molar refractivity (Wildman–Crippen MR) is 150 cm³/mol. The van der Waals surface area contributed by atoms with Gasteiger partial charge >= 0.3 is 0 Å². The second kappa shape index (κ2) is 11.3. The van der Waals surface area contributed by atoms with Crippen LogP contribution >= 0.6 is 0 Å². The van der Waals surface area contributed by atoms with Gasteiger partial charge in [0.2, 0.25) is 0 Å². The van der Waals surface area contributed by atoms with Crippen molar-refractivity contribution >= 4 is 11.6 Å². The number of nitrogens with zero attached hydrogens (tertiary/aromatic N) is 4. The van der Waals surface area contributed by atoms with Crippen LogP contribution in [0, 0.1) is 6.92 Å². The molecule has 1 aromatic heterocycles. The fraction of sp³-hybridized carbons (Fsp3) is 0.226. The summed E-state index contributed by atoms with van der Waals surface area (Å²) in [6.07, 6.45) is 0.551. The Morgan fingerprint density at radius 1 is 0.897 bits per heavy atom. The van der Waals surface area contributed by atoms with Gasteiger partial charge in [0.15, 0.2) is 0 Å². The van der Waals surface area contributed by atoms with Gasteiger partial charge in [-0.25, -0.2) is 9.69 Å². The zero-order valence-corrected chi connectivity index (χ0v) is 22.2. The molecule has 0 radical (unpaired) electrons. The second-order valence-electron chi connectivity index (χ2n) is 9.32. The molecule has 1 aliphatic rings. The number of amides is 1. The molecule has 1 unspecified atom stereocenters. The predicted octanol–water partition coefficient (Wildman–Crippen LogP) is 5.00. The van der Waals surface area contributed by atoms with E-state index in [2.05, 4.69) is 5.10 Å². The van der Waals surface area contributed by atoms with E-state index in [1.54, 1.807) is 13.2 Å². The van der Waals surface area contributed by atoms with Gasteiger partial charge < -0.3 is 9.47 Å². The van der Waals surface area contributed by atoms with Crippen LogP contribution in [0.25, 0.3) is 11.3 Å². The lowest BCUT2D eigenvalue weighted by Crippen LogP contribution is -2.34. The fourth-order valence-corrected chi connectivity index (χ4v) is 4.55. The molecule has 39 heavy (non-hydrogen) atoms. The summed E-state index contributed by atoms with van der Waals surface area (Å²) >= 11 is 0. The number of benzene rings is 3. The highest BCUT2D eigenvalue weighted by Crippen LogP contribution is 2.33. The highest BCUT2D eigenvalue weighted by molar-refractivity contribution is 6.03. The molecule has 1 amide bonds. The molecule has 0 N–H and O–H groups in total. The van der Waals surface area contributed by atoms with Gasteiger partial charge in [-0.1, -0.05) is 29.8 Å². The number of rotatable bonds is 8. The van der Waals surface area contributed by atoms with Crippen LogP contribution in [0.1, 0.15) is 36.1 Å². The second-order valence-corrected chi connectivity index (χ2v) is 9.32. The minimum absolute atomic E-state index is 0.231. The van der Waals surface area contributed by atoms with Gasteiger partial charge in [-0.05, 0) is 79.6 Å². The van der Waals surface area contributed by atoms with Crippen molar-refractivity contribution in [2.75, 3.05) is 13.7 Å². The van der Waals surface area contributed by atoms with E-state index in [0.717, 1.165) is 39.5 Å². The number of aryl methyl sites for hydroxylation is 1. The van der Waals surface area contributed by atoms with Gasteiger partial charge in [-0.2, -0.15) is 10.2 Å². The van der Waals surface area contributed by atoms with Crippen LogP contribution in [-0.4, -0.2) is 40.1 Å². The molecular formula is C31H30N4O4. The molecule has 0 bridgehead atoms. The molecule has 0 spiro atoms. The highest BCUT2D eigenvalue weighted by Gasteiger charge is 2.33. The normalized spacial score (nSPS) is 14.7. The Hall–Kier alpha value is -4.72. The molecule has 0 saturated heterocycles. The summed E-state index contributed by atoms with van der Waals surface area (Å²) in [5, 5.41) is 10.7. The SMILES string of the molecule is CCOc1ccc(-c2ccc(=O)n(CC(=O)N3N=C(c4ccc(OC)cc4)CC3c3ccc(C)cc3)n2)cc1. The zero-order chi connectivity index (χ0) is 27.4. The summed E-state index contributed by atoms with van der Waals surface area (Å²) in [6, 6.07) is 26.0. The maximum atomic E-state index is 13.6. The maximum Gasteiger partial charge on any atom is 0.267 e. The minimum atomic E-state index is -0.358. The maximum absolute atomic E-state index is 13.6. The molecular weight excluding hydrogens is 492 g/mol. The number of ether oxygens (including phenoxy) is 2. The molecule has 8 nitrogen and oxygen atoms in total. The average molecular weight is 523 g/mol. The van der Waals surface area contributed by atoms with E-state index in [1.807, 2.05) is 86.6 Å². The third-order valence-corrected chi connectivity index (χ3v) is 6.66. The van der Waals surface area contributed by atoms with Crippen molar-refractivity contribution in [2.45, 2.75) is 32.9 Å². The molecule has 5 rings (SSSR count). The molecule has 2 heterocycles. The van der Waals surface area contributed by atoms with Gasteiger partial charge in [-0.3, -0.25) is 9.59 Å². The van der Waals surface area contributed by atoms with Crippen LogP contribution in [-0.2, 0) is 11.3 Å². The fourth-order valence-electron chi connectivity index (χ4n) is 4.55. The summed E-state index contributed by atoms with van der Waals surface area (Å²) < 4.78 is 12.0. The standard InChI is InChI=1S/C31H30N4O4/c1-4-39-26-15-11-22(12-16-26)27-17-18-30(36)34(32-27)20-31(37)35-29(24-7-5-21(2)6-8-24)19-28(33-35)23-9-13-25(38-3)14-10-23/h5-18,29H,4,19-20H2,1-3H3. The Kier molecular flexibility index (Phi) is 7.54. The highest BCUT2D eigenvalue weighted by atomic mass is 16.5. The van der Waals surface area contributed by atoms with Crippen molar-refractivity contribution < 1.29 is 14.3 Å². The lowest BCUT2D eigenvalue weighted by molar-refractivity contribution is -0.133. The van der Waals surface area contributed by atoms with Gasteiger partial charge in [0, 0.05) is 18.1 Å². The van der Waals surface area contributed by atoms with Crippen molar-refractivity contribution in [3.8, 4) is 22.8 Å². The Bertz CT molecular complexity index is 1540. The van der Waals surface area contributed by atoms with Crippen LogP contribution in [0.15, 0.2) is 94.8 Å². The van der Waals surface area contributed by atoms with E-state index >= 15 is 0 Å². The first-order chi connectivity index (χ1) is 18.9. The van der Waals surface area contributed by atoms with E-state index in [0.29, 0.717) is 18.7 Å². The van der Waals surface area contributed by atoms with E-state index in [-0.39, 0.29) is 24.1 Å². The van der Waals surface area contributed by atoms with E-state index in [4.69, 9.17) is 14.6 Å². The van der Waals surface area contributed by atoms with E-state index in [1.165, 1.54) is 15.8 Å². The quantitative estimate of drug-likeness (QED) is 0.325. The zero-order valence-electron chi connectivity index (χ0n) is 22.2. The van der Waals surface area contributed by atoms with Crippen LogP contribution in [0.4, 0.5) is 0 Å². The number of aromatic nitrogens is 2. The summed E-state index contributed by atoms with van der Waals surface area (Å²) in [5.74, 6) is 1.19.